The predicted octanol–water partition coefficient (Wildman–Crippen LogP) is 2.43. The molecule has 0 aromatic heterocycles. The van der Waals surface area contributed by atoms with Gasteiger partial charge in [0.05, 0.1) is 12.1 Å². The Morgan fingerprint density at radius 3 is 2.68 bits per heavy atom. The van der Waals surface area contributed by atoms with E-state index in [-0.39, 0.29) is 5.91 Å². The van der Waals surface area contributed by atoms with Crippen LogP contribution in [-0.4, -0.2) is 18.6 Å². The van der Waals surface area contributed by atoms with Crippen LogP contribution in [0.2, 0.25) is 0 Å². The van der Waals surface area contributed by atoms with Crippen molar-refractivity contribution in [3.05, 3.63) is 29.8 Å². The Kier molecular flexibility index (Phi) is 4.56. The number of amides is 1. The van der Waals surface area contributed by atoms with Gasteiger partial charge in [-0.2, -0.15) is 0 Å². The summed E-state index contributed by atoms with van der Waals surface area (Å²) >= 11 is 0. The maximum atomic E-state index is 12.4. The summed E-state index contributed by atoms with van der Waals surface area (Å²) in [5.74, 6) is -0.0734. The van der Waals surface area contributed by atoms with E-state index in [4.69, 9.17) is 10.5 Å². The molecule has 0 saturated heterocycles. The number of carbonyl (C=O) groups is 1. The van der Waals surface area contributed by atoms with E-state index in [1.165, 1.54) is 6.42 Å². The molecule has 0 bridgehead atoms. The summed E-state index contributed by atoms with van der Waals surface area (Å²) in [7, 11) is 1.64. The third-order valence-corrected chi connectivity index (χ3v) is 3.76. The normalized spacial score (nSPS) is 18.0. The average Bonchev–Trinajstić information content (AvgIpc) is 2.42. The standard InChI is InChI=1S/C15H22N2O2/c1-19-11-12-7-3-4-8-13(12)17-14(18)15(16)9-5-2-6-10-15/h3-4,7-8H,2,5-6,9-11,16H2,1H3,(H,17,18). The number of para-hydroxylation sites is 1. The largest absolute Gasteiger partial charge is 0.380 e. The summed E-state index contributed by atoms with van der Waals surface area (Å²) in [5.41, 5.74) is 7.29. The first-order valence-electron chi connectivity index (χ1n) is 6.83. The fourth-order valence-electron chi connectivity index (χ4n) is 2.58. The summed E-state index contributed by atoms with van der Waals surface area (Å²) in [6, 6.07) is 7.67. The molecule has 4 heteroatoms. The fraction of sp³-hybridized carbons (Fsp3) is 0.533. The van der Waals surface area contributed by atoms with Gasteiger partial charge in [0.1, 0.15) is 0 Å². The molecule has 1 aliphatic rings. The van der Waals surface area contributed by atoms with E-state index in [0.29, 0.717) is 6.61 Å². The number of rotatable bonds is 4. The quantitative estimate of drug-likeness (QED) is 0.876. The van der Waals surface area contributed by atoms with Crippen molar-refractivity contribution >= 4 is 11.6 Å². The smallest absolute Gasteiger partial charge is 0.244 e. The molecule has 1 fully saturated rings. The molecular weight excluding hydrogens is 240 g/mol. The van der Waals surface area contributed by atoms with Crippen LogP contribution < -0.4 is 11.1 Å². The van der Waals surface area contributed by atoms with E-state index in [1.807, 2.05) is 24.3 Å². The highest BCUT2D eigenvalue weighted by Gasteiger charge is 2.35. The van der Waals surface area contributed by atoms with Crippen LogP contribution in [0.3, 0.4) is 0 Å². The van der Waals surface area contributed by atoms with Gasteiger partial charge in [-0.15, -0.1) is 0 Å². The minimum atomic E-state index is -0.710. The Bertz CT molecular complexity index is 440. The third kappa shape index (κ3) is 3.33. The summed E-state index contributed by atoms with van der Waals surface area (Å²) in [6.07, 6.45) is 4.77. The molecule has 0 atom stereocenters. The van der Waals surface area contributed by atoms with Gasteiger partial charge in [-0.05, 0) is 18.9 Å². The van der Waals surface area contributed by atoms with Crippen LogP contribution in [0.15, 0.2) is 24.3 Å². The zero-order chi connectivity index (χ0) is 13.7. The molecular formula is C15H22N2O2. The topological polar surface area (TPSA) is 64.3 Å². The number of carbonyl (C=O) groups excluding carboxylic acids is 1. The first-order chi connectivity index (χ1) is 9.15. The van der Waals surface area contributed by atoms with Gasteiger partial charge in [0.2, 0.25) is 5.91 Å². The molecule has 1 saturated carbocycles. The molecule has 0 radical (unpaired) electrons. The molecule has 1 aromatic rings. The second kappa shape index (κ2) is 6.17. The number of nitrogens with two attached hydrogens (primary N) is 1. The number of benzene rings is 1. The van der Waals surface area contributed by atoms with E-state index < -0.39 is 5.54 Å². The van der Waals surface area contributed by atoms with Crippen molar-refractivity contribution in [1.82, 2.24) is 0 Å². The lowest BCUT2D eigenvalue weighted by Crippen LogP contribution is -2.52. The minimum absolute atomic E-state index is 0.0734. The Hall–Kier alpha value is -1.39. The van der Waals surface area contributed by atoms with E-state index >= 15 is 0 Å². The number of nitrogens with one attached hydrogen (secondary N) is 1. The highest BCUT2D eigenvalue weighted by Crippen LogP contribution is 2.27. The summed E-state index contributed by atoms with van der Waals surface area (Å²) < 4.78 is 5.14. The molecule has 1 aromatic carbocycles. The fourth-order valence-corrected chi connectivity index (χ4v) is 2.58. The van der Waals surface area contributed by atoms with Crippen molar-refractivity contribution in [2.24, 2.45) is 5.73 Å². The minimum Gasteiger partial charge on any atom is -0.380 e. The first kappa shape index (κ1) is 14.0. The van der Waals surface area contributed by atoms with Crippen LogP contribution in [0, 0.1) is 0 Å². The molecule has 0 heterocycles. The lowest BCUT2D eigenvalue weighted by Gasteiger charge is -2.32. The summed E-state index contributed by atoms with van der Waals surface area (Å²) in [5, 5.41) is 2.96. The Labute approximate surface area is 114 Å². The SMILES string of the molecule is COCc1ccccc1NC(=O)C1(N)CCCCC1. The van der Waals surface area contributed by atoms with E-state index in [2.05, 4.69) is 5.32 Å². The average molecular weight is 262 g/mol. The van der Waals surface area contributed by atoms with Gasteiger partial charge in [0.25, 0.3) is 0 Å². The van der Waals surface area contributed by atoms with Crippen molar-refractivity contribution in [2.45, 2.75) is 44.2 Å². The van der Waals surface area contributed by atoms with Crippen molar-refractivity contribution in [3.63, 3.8) is 0 Å². The molecule has 0 aliphatic heterocycles. The Morgan fingerprint density at radius 1 is 1.32 bits per heavy atom. The highest BCUT2D eigenvalue weighted by molar-refractivity contribution is 5.98. The molecule has 1 amide bonds. The van der Waals surface area contributed by atoms with Crippen LogP contribution in [-0.2, 0) is 16.1 Å². The molecule has 1 aliphatic carbocycles. The van der Waals surface area contributed by atoms with Gasteiger partial charge in [0, 0.05) is 18.4 Å². The van der Waals surface area contributed by atoms with Gasteiger partial charge in [-0.25, -0.2) is 0 Å². The summed E-state index contributed by atoms with van der Waals surface area (Å²) in [4.78, 5) is 12.4. The monoisotopic (exact) mass is 262 g/mol. The second-order valence-corrected chi connectivity index (χ2v) is 5.26. The van der Waals surface area contributed by atoms with Crippen LogP contribution in [0.4, 0.5) is 5.69 Å². The zero-order valence-electron chi connectivity index (χ0n) is 11.4. The lowest BCUT2D eigenvalue weighted by atomic mass is 9.82. The van der Waals surface area contributed by atoms with Crippen molar-refractivity contribution < 1.29 is 9.53 Å². The Balaban J connectivity index is 2.10. The number of hydrogen-bond donors (Lipinski definition) is 2. The molecule has 0 unspecified atom stereocenters. The van der Waals surface area contributed by atoms with Gasteiger partial charge in [0.15, 0.2) is 0 Å². The predicted molar refractivity (Wildman–Crippen MR) is 75.8 cm³/mol. The van der Waals surface area contributed by atoms with Crippen LogP contribution in [0.25, 0.3) is 0 Å². The third-order valence-electron chi connectivity index (χ3n) is 3.76. The Morgan fingerprint density at radius 2 is 2.00 bits per heavy atom. The van der Waals surface area contributed by atoms with Crippen molar-refractivity contribution in [3.8, 4) is 0 Å². The number of ether oxygens (including phenoxy) is 1. The second-order valence-electron chi connectivity index (χ2n) is 5.26. The molecule has 4 nitrogen and oxygen atoms in total. The molecule has 2 rings (SSSR count). The van der Waals surface area contributed by atoms with Crippen LogP contribution >= 0.6 is 0 Å². The van der Waals surface area contributed by atoms with Crippen LogP contribution in [0.5, 0.6) is 0 Å². The first-order valence-corrected chi connectivity index (χ1v) is 6.83. The lowest BCUT2D eigenvalue weighted by molar-refractivity contribution is -0.122. The maximum absolute atomic E-state index is 12.4. The van der Waals surface area contributed by atoms with E-state index in [0.717, 1.165) is 36.9 Å². The van der Waals surface area contributed by atoms with Gasteiger partial charge in [-0.3, -0.25) is 4.79 Å². The maximum Gasteiger partial charge on any atom is 0.244 e. The van der Waals surface area contributed by atoms with Gasteiger partial charge in [-0.1, -0.05) is 37.5 Å². The summed E-state index contributed by atoms with van der Waals surface area (Å²) in [6.45, 7) is 0.480. The highest BCUT2D eigenvalue weighted by atomic mass is 16.5. The zero-order valence-corrected chi connectivity index (χ0v) is 11.4. The van der Waals surface area contributed by atoms with Crippen LogP contribution in [0.1, 0.15) is 37.7 Å². The van der Waals surface area contributed by atoms with Gasteiger partial charge < -0.3 is 15.8 Å². The number of anilines is 1. The number of hydrogen-bond acceptors (Lipinski definition) is 3. The van der Waals surface area contributed by atoms with Crippen molar-refractivity contribution in [2.75, 3.05) is 12.4 Å². The van der Waals surface area contributed by atoms with Crippen molar-refractivity contribution in [1.29, 1.82) is 0 Å². The molecule has 0 spiro atoms. The molecule has 3 N–H and O–H groups in total. The van der Waals surface area contributed by atoms with Gasteiger partial charge >= 0.3 is 0 Å². The number of methoxy groups -OCH3 is 1. The van der Waals surface area contributed by atoms with E-state index in [1.54, 1.807) is 7.11 Å². The molecule has 104 valence electrons. The molecule has 19 heavy (non-hydrogen) atoms. The van der Waals surface area contributed by atoms with E-state index in [9.17, 15) is 4.79 Å².